The summed E-state index contributed by atoms with van der Waals surface area (Å²) >= 11 is 1.68. The molecule has 0 spiro atoms. The number of aryl methyl sites for hydroxylation is 1. The topological polar surface area (TPSA) is 75.3 Å². The van der Waals surface area contributed by atoms with Crippen molar-refractivity contribution in [2.45, 2.75) is 59.5 Å². The van der Waals surface area contributed by atoms with Crippen molar-refractivity contribution in [3.05, 3.63) is 33.9 Å². The third-order valence-electron chi connectivity index (χ3n) is 3.34. The lowest BCUT2D eigenvalue weighted by Gasteiger charge is -2.13. The molecular weight excluding hydrogens is 322 g/mol. The van der Waals surface area contributed by atoms with Gasteiger partial charge >= 0.3 is 0 Å². The second-order valence-corrected chi connectivity index (χ2v) is 7.45. The van der Waals surface area contributed by atoms with E-state index in [4.69, 9.17) is 4.42 Å². The van der Waals surface area contributed by atoms with E-state index in [1.807, 2.05) is 6.92 Å². The Labute approximate surface area is 147 Å². The van der Waals surface area contributed by atoms with Gasteiger partial charge < -0.3 is 15.1 Å². The molecule has 2 aromatic rings. The fourth-order valence-corrected chi connectivity index (χ4v) is 2.72. The summed E-state index contributed by atoms with van der Waals surface area (Å²) in [5.41, 5.74) is 0.964. The Morgan fingerprint density at radius 3 is 2.67 bits per heavy atom. The molecule has 6 nitrogen and oxygen atoms in total. The SMILES string of the molecule is CCNC(=NCc1csc(CC)n1)NCc1ncc(C(C)(C)C)o1. The Morgan fingerprint density at radius 1 is 1.29 bits per heavy atom. The zero-order valence-corrected chi connectivity index (χ0v) is 16.0. The molecule has 0 fully saturated rings. The molecule has 0 amide bonds. The van der Waals surface area contributed by atoms with Gasteiger partial charge in [-0.15, -0.1) is 11.3 Å². The first-order valence-corrected chi connectivity index (χ1v) is 9.21. The van der Waals surface area contributed by atoms with Gasteiger partial charge in [-0.3, -0.25) is 0 Å². The molecule has 132 valence electrons. The van der Waals surface area contributed by atoms with Crippen LogP contribution >= 0.6 is 11.3 Å². The molecule has 0 bridgehead atoms. The minimum atomic E-state index is -0.0363. The van der Waals surface area contributed by atoms with Crippen LogP contribution < -0.4 is 10.6 Å². The highest BCUT2D eigenvalue weighted by Crippen LogP contribution is 2.22. The van der Waals surface area contributed by atoms with Gasteiger partial charge in [0.1, 0.15) is 5.76 Å². The Balaban J connectivity index is 1.95. The van der Waals surface area contributed by atoms with Crippen LogP contribution in [-0.4, -0.2) is 22.5 Å². The van der Waals surface area contributed by atoms with E-state index in [9.17, 15) is 0 Å². The van der Waals surface area contributed by atoms with Crippen molar-refractivity contribution in [2.24, 2.45) is 4.99 Å². The molecular formula is C17H27N5OS. The molecule has 2 rings (SSSR count). The van der Waals surface area contributed by atoms with Crippen LogP contribution in [0, 0.1) is 0 Å². The molecule has 2 N–H and O–H groups in total. The van der Waals surface area contributed by atoms with Crippen LogP contribution in [0.3, 0.4) is 0 Å². The zero-order valence-electron chi connectivity index (χ0n) is 15.1. The van der Waals surface area contributed by atoms with E-state index in [1.54, 1.807) is 17.5 Å². The van der Waals surface area contributed by atoms with Gasteiger partial charge in [-0.2, -0.15) is 0 Å². The van der Waals surface area contributed by atoms with Gasteiger partial charge in [-0.25, -0.2) is 15.0 Å². The van der Waals surface area contributed by atoms with Gasteiger partial charge in [0, 0.05) is 17.3 Å². The summed E-state index contributed by atoms with van der Waals surface area (Å²) in [7, 11) is 0. The van der Waals surface area contributed by atoms with Crippen LogP contribution in [0.2, 0.25) is 0 Å². The normalized spacial score (nSPS) is 12.5. The summed E-state index contributed by atoms with van der Waals surface area (Å²) in [6.07, 6.45) is 2.76. The third-order valence-corrected chi connectivity index (χ3v) is 4.39. The number of nitrogens with one attached hydrogen (secondary N) is 2. The third kappa shape index (κ3) is 5.33. The van der Waals surface area contributed by atoms with Crippen molar-refractivity contribution in [2.75, 3.05) is 6.54 Å². The van der Waals surface area contributed by atoms with Gasteiger partial charge in [-0.1, -0.05) is 27.7 Å². The van der Waals surface area contributed by atoms with E-state index in [1.165, 1.54) is 0 Å². The zero-order chi connectivity index (χ0) is 17.6. The lowest BCUT2D eigenvalue weighted by molar-refractivity contribution is 0.379. The standard InChI is InChI=1S/C17H27N5OS/c1-6-15-22-12(11-24-15)8-20-16(18-7-2)21-10-14-19-9-13(23-14)17(3,4)5/h9,11H,6-8,10H2,1-5H3,(H2,18,20,21). The number of oxazole rings is 1. The molecule has 0 atom stereocenters. The van der Waals surface area contributed by atoms with Crippen molar-refractivity contribution in [3.8, 4) is 0 Å². The van der Waals surface area contributed by atoms with Crippen molar-refractivity contribution in [3.63, 3.8) is 0 Å². The number of guanidine groups is 1. The summed E-state index contributed by atoms with van der Waals surface area (Å²) in [6, 6.07) is 0. The summed E-state index contributed by atoms with van der Waals surface area (Å²) in [5, 5.41) is 9.69. The Morgan fingerprint density at radius 2 is 2.08 bits per heavy atom. The minimum absolute atomic E-state index is 0.0363. The van der Waals surface area contributed by atoms with E-state index in [2.05, 4.69) is 58.7 Å². The predicted molar refractivity (Wildman–Crippen MR) is 98.4 cm³/mol. The fraction of sp³-hybridized carbons (Fsp3) is 0.588. The molecule has 0 aromatic carbocycles. The van der Waals surface area contributed by atoms with Gasteiger partial charge in [0.05, 0.1) is 30.0 Å². The Hall–Kier alpha value is -1.89. The Kier molecular flexibility index (Phi) is 6.36. The maximum absolute atomic E-state index is 5.79. The summed E-state index contributed by atoms with van der Waals surface area (Å²) in [5.74, 6) is 2.28. The highest BCUT2D eigenvalue weighted by molar-refractivity contribution is 7.09. The molecule has 0 aliphatic heterocycles. The molecule has 0 aliphatic carbocycles. The predicted octanol–water partition coefficient (Wildman–Crippen LogP) is 3.25. The summed E-state index contributed by atoms with van der Waals surface area (Å²) in [4.78, 5) is 13.4. The van der Waals surface area contributed by atoms with Crippen LogP contribution in [0.5, 0.6) is 0 Å². The number of thiazole rings is 1. The number of hydrogen-bond acceptors (Lipinski definition) is 5. The van der Waals surface area contributed by atoms with Crippen LogP contribution in [0.4, 0.5) is 0 Å². The van der Waals surface area contributed by atoms with Gasteiger partial charge in [0.2, 0.25) is 5.89 Å². The van der Waals surface area contributed by atoms with Crippen LogP contribution in [0.25, 0.3) is 0 Å². The highest BCUT2D eigenvalue weighted by Gasteiger charge is 2.19. The highest BCUT2D eigenvalue weighted by atomic mass is 32.1. The quantitative estimate of drug-likeness (QED) is 0.618. The van der Waals surface area contributed by atoms with Crippen molar-refractivity contribution >= 4 is 17.3 Å². The van der Waals surface area contributed by atoms with E-state index < -0.39 is 0 Å². The van der Waals surface area contributed by atoms with Gasteiger partial charge in [0.15, 0.2) is 5.96 Å². The first-order valence-electron chi connectivity index (χ1n) is 8.33. The monoisotopic (exact) mass is 349 g/mol. The van der Waals surface area contributed by atoms with Crippen molar-refractivity contribution in [1.82, 2.24) is 20.6 Å². The minimum Gasteiger partial charge on any atom is -0.443 e. The molecule has 24 heavy (non-hydrogen) atoms. The van der Waals surface area contributed by atoms with E-state index >= 15 is 0 Å². The maximum Gasteiger partial charge on any atom is 0.213 e. The Bertz CT molecular complexity index is 669. The second kappa shape index (κ2) is 8.28. The van der Waals surface area contributed by atoms with Gasteiger partial charge in [-0.05, 0) is 13.3 Å². The molecule has 0 saturated heterocycles. The number of aromatic nitrogens is 2. The summed E-state index contributed by atoms with van der Waals surface area (Å²) in [6.45, 7) is 12.3. The molecule has 0 saturated carbocycles. The smallest absolute Gasteiger partial charge is 0.213 e. The van der Waals surface area contributed by atoms with E-state index in [-0.39, 0.29) is 5.41 Å². The lowest BCUT2D eigenvalue weighted by Crippen LogP contribution is -2.36. The van der Waals surface area contributed by atoms with Gasteiger partial charge in [0.25, 0.3) is 0 Å². The number of aliphatic imine (C=N–C) groups is 1. The van der Waals surface area contributed by atoms with Crippen molar-refractivity contribution < 1.29 is 4.42 Å². The van der Waals surface area contributed by atoms with Crippen LogP contribution in [0.15, 0.2) is 21.0 Å². The second-order valence-electron chi connectivity index (χ2n) is 6.50. The molecule has 2 heterocycles. The largest absolute Gasteiger partial charge is 0.443 e. The maximum atomic E-state index is 5.79. The van der Waals surface area contributed by atoms with E-state index in [0.29, 0.717) is 19.0 Å². The summed E-state index contributed by atoms with van der Waals surface area (Å²) < 4.78 is 5.79. The molecule has 0 radical (unpaired) electrons. The number of hydrogen-bond donors (Lipinski definition) is 2. The molecule has 0 aliphatic rings. The first-order chi connectivity index (χ1) is 11.4. The lowest BCUT2D eigenvalue weighted by atomic mass is 9.94. The number of rotatable bonds is 6. The number of nitrogens with zero attached hydrogens (tertiary/aromatic N) is 3. The molecule has 0 unspecified atom stereocenters. The van der Waals surface area contributed by atoms with Crippen LogP contribution in [-0.2, 0) is 24.9 Å². The average Bonchev–Trinajstić information content (AvgIpc) is 3.18. The molecule has 7 heteroatoms. The van der Waals surface area contributed by atoms with E-state index in [0.717, 1.165) is 35.4 Å². The first kappa shape index (κ1) is 18.4. The average molecular weight is 350 g/mol. The van der Waals surface area contributed by atoms with Crippen LogP contribution in [0.1, 0.15) is 57.0 Å². The fourth-order valence-electron chi connectivity index (χ4n) is 1.98. The molecule has 2 aromatic heterocycles. The van der Waals surface area contributed by atoms with Crippen molar-refractivity contribution in [1.29, 1.82) is 0 Å².